The number of aromatic nitrogens is 1. The van der Waals surface area contributed by atoms with Crippen molar-refractivity contribution in [2.45, 2.75) is 45.6 Å². The normalized spacial score (nSPS) is 17.7. The van der Waals surface area contributed by atoms with Crippen LogP contribution in [0.25, 0.3) is 0 Å². The Kier molecular flexibility index (Phi) is 6.97. The number of amides is 1. The molecule has 1 atom stereocenters. The third-order valence-corrected chi connectivity index (χ3v) is 5.30. The monoisotopic (exact) mass is 421 g/mol. The van der Waals surface area contributed by atoms with Gasteiger partial charge in [0.25, 0.3) is 5.56 Å². The maximum Gasteiger partial charge on any atom is 0.421 e. The SMILES string of the molecule is CC1CCCN(Cc2ccc(CNC(=O)Cn3cccc(C(F)(F)F)c3=O)cc2)C1. The van der Waals surface area contributed by atoms with Crippen LogP contribution in [0, 0.1) is 5.92 Å². The van der Waals surface area contributed by atoms with Gasteiger partial charge in [-0.3, -0.25) is 14.5 Å². The van der Waals surface area contributed by atoms with E-state index in [4.69, 9.17) is 0 Å². The number of hydrogen-bond acceptors (Lipinski definition) is 3. The molecule has 1 aliphatic heterocycles. The molecule has 2 aromatic rings. The van der Waals surface area contributed by atoms with Gasteiger partial charge in [0.15, 0.2) is 0 Å². The van der Waals surface area contributed by atoms with Crippen molar-refractivity contribution < 1.29 is 18.0 Å². The van der Waals surface area contributed by atoms with Crippen LogP contribution >= 0.6 is 0 Å². The van der Waals surface area contributed by atoms with Crippen molar-refractivity contribution >= 4 is 5.91 Å². The molecule has 1 saturated heterocycles. The second-order valence-electron chi connectivity index (χ2n) is 7.93. The number of rotatable bonds is 6. The first-order valence-electron chi connectivity index (χ1n) is 10.1. The number of nitrogens with zero attached hydrogens (tertiary/aromatic N) is 2. The fraction of sp³-hybridized carbons (Fsp3) is 0.455. The molecule has 1 N–H and O–H groups in total. The zero-order valence-electron chi connectivity index (χ0n) is 16.9. The standard InChI is InChI=1S/C22H26F3N3O2/c1-16-4-2-10-27(13-16)14-18-8-6-17(7-9-18)12-26-20(29)15-28-11-3-5-19(21(28)30)22(23,24)25/h3,5-9,11,16H,2,4,10,12-15H2,1H3,(H,26,29). The molecule has 1 amide bonds. The number of pyridine rings is 1. The van der Waals surface area contributed by atoms with Crippen LogP contribution in [-0.4, -0.2) is 28.5 Å². The van der Waals surface area contributed by atoms with Gasteiger partial charge in [0.05, 0.1) is 0 Å². The predicted molar refractivity (Wildman–Crippen MR) is 108 cm³/mol. The number of carbonyl (C=O) groups excluding carboxylic acids is 1. The molecule has 30 heavy (non-hydrogen) atoms. The van der Waals surface area contributed by atoms with Crippen LogP contribution in [0.3, 0.4) is 0 Å². The van der Waals surface area contributed by atoms with E-state index >= 15 is 0 Å². The van der Waals surface area contributed by atoms with Gasteiger partial charge < -0.3 is 9.88 Å². The van der Waals surface area contributed by atoms with Gasteiger partial charge >= 0.3 is 6.18 Å². The Morgan fingerprint density at radius 1 is 1.17 bits per heavy atom. The summed E-state index contributed by atoms with van der Waals surface area (Å²) >= 11 is 0. The Morgan fingerprint density at radius 3 is 2.53 bits per heavy atom. The minimum atomic E-state index is -4.75. The fourth-order valence-corrected chi connectivity index (χ4v) is 3.74. The number of hydrogen-bond donors (Lipinski definition) is 1. The Bertz CT molecular complexity index is 922. The summed E-state index contributed by atoms with van der Waals surface area (Å²) in [6.07, 6.45) is -1.07. The van der Waals surface area contributed by atoms with Gasteiger partial charge in [-0.1, -0.05) is 31.2 Å². The minimum Gasteiger partial charge on any atom is -0.350 e. The molecule has 1 aromatic carbocycles. The lowest BCUT2D eigenvalue weighted by Gasteiger charge is -2.30. The average Bonchev–Trinajstić information content (AvgIpc) is 2.68. The maximum absolute atomic E-state index is 12.8. The third-order valence-electron chi connectivity index (χ3n) is 5.30. The molecular weight excluding hydrogens is 395 g/mol. The number of alkyl halides is 3. The van der Waals surface area contributed by atoms with E-state index in [0.717, 1.165) is 41.7 Å². The number of piperidine rings is 1. The number of benzene rings is 1. The summed E-state index contributed by atoms with van der Waals surface area (Å²) in [5.74, 6) is 0.195. The molecule has 3 rings (SSSR count). The van der Waals surface area contributed by atoms with Gasteiger partial charge in [-0.15, -0.1) is 0 Å². The van der Waals surface area contributed by atoms with Gasteiger partial charge in [0.1, 0.15) is 12.1 Å². The van der Waals surface area contributed by atoms with Crippen molar-refractivity contribution in [1.82, 2.24) is 14.8 Å². The Labute approximate surface area is 173 Å². The first kappa shape index (κ1) is 22.1. The fourth-order valence-electron chi connectivity index (χ4n) is 3.74. The van der Waals surface area contributed by atoms with E-state index in [1.165, 1.54) is 24.6 Å². The van der Waals surface area contributed by atoms with Crippen LogP contribution in [0.1, 0.15) is 36.5 Å². The van der Waals surface area contributed by atoms with E-state index in [0.29, 0.717) is 6.07 Å². The quantitative estimate of drug-likeness (QED) is 0.778. The molecule has 5 nitrogen and oxygen atoms in total. The van der Waals surface area contributed by atoms with Crippen molar-refractivity contribution in [3.05, 3.63) is 69.6 Å². The molecule has 0 aliphatic carbocycles. The molecule has 8 heteroatoms. The van der Waals surface area contributed by atoms with E-state index in [9.17, 15) is 22.8 Å². The zero-order chi connectivity index (χ0) is 21.7. The first-order valence-corrected chi connectivity index (χ1v) is 10.1. The molecule has 1 aromatic heterocycles. The summed E-state index contributed by atoms with van der Waals surface area (Å²) in [6, 6.07) is 9.73. The number of carbonyl (C=O) groups is 1. The van der Waals surface area contributed by atoms with Crippen LogP contribution < -0.4 is 10.9 Å². The summed E-state index contributed by atoms with van der Waals surface area (Å²) in [5.41, 5.74) is -0.418. The summed E-state index contributed by atoms with van der Waals surface area (Å²) in [6.45, 7) is 5.16. The molecule has 1 fully saturated rings. The highest BCUT2D eigenvalue weighted by Crippen LogP contribution is 2.26. The highest BCUT2D eigenvalue weighted by atomic mass is 19.4. The van der Waals surface area contributed by atoms with Crippen molar-refractivity contribution in [1.29, 1.82) is 0 Å². The van der Waals surface area contributed by atoms with Gasteiger partial charge in [0.2, 0.25) is 5.91 Å². The van der Waals surface area contributed by atoms with Crippen LogP contribution in [-0.2, 0) is 30.6 Å². The molecule has 0 saturated carbocycles. The van der Waals surface area contributed by atoms with Crippen molar-refractivity contribution in [2.24, 2.45) is 5.92 Å². The smallest absolute Gasteiger partial charge is 0.350 e. The third kappa shape index (κ3) is 5.95. The lowest BCUT2D eigenvalue weighted by molar-refractivity contribution is -0.139. The van der Waals surface area contributed by atoms with Gasteiger partial charge in [-0.2, -0.15) is 13.2 Å². The summed E-state index contributed by atoms with van der Waals surface area (Å²) in [4.78, 5) is 26.4. The maximum atomic E-state index is 12.8. The van der Waals surface area contributed by atoms with E-state index in [1.807, 2.05) is 24.3 Å². The van der Waals surface area contributed by atoms with Gasteiger partial charge in [-0.05, 0) is 48.6 Å². The predicted octanol–water partition coefficient (Wildman–Crippen LogP) is 3.42. The number of halogens is 3. The second-order valence-corrected chi connectivity index (χ2v) is 7.93. The van der Waals surface area contributed by atoms with Crippen molar-refractivity contribution in [3.8, 4) is 0 Å². The topological polar surface area (TPSA) is 54.3 Å². The molecular formula is C22H26F3N3O2. The largest absolute Gasteiger partial charge is 0.421 e. The summed E-state index contributed by atoms with van der Waals surface area (Å²) < 4.78 is 39.2. The molecule has 1 unspecified atom stereocenters. The van der Waals surface area contributed by atoms with Gasteiger partial charge in [-0.25, -0.2) is 0 Å². The van der Waals surface area contributed by atoms with E-state index in [1.54, 1.807) is 0 Å². The molecule has 2 heterocycles. The van der Waals surface area contributed by atoms with Crippen molar-refractivity contribution in [3.63, 3.8) is 0 Å². The molecule has 162 valence electrons. The highest BCUT2D eigenvalue weighted by Gasteiger charge is 2.34. The van der Waals surface area contributed by atoms with Crippen LogP contribution in [0.15, 0.2) is 47.4 Å². The van der Waals surface area contributed by atoms with E-state index < -0.39 is 29.8 Å². The first-order chi connectivity index (χ1) is 14.2. The number of nitrogens with one attached hydrogen (secondary N) is 1. The summed E-state index contributed by atoms with van der Waals surface area (Å²) in [7, 11) is 0. The Morgan fingerprint density at radius 2 is 1.87 bits per heavy atom. The minimum absolute atomic E-state index is 0.244. The zero-order valence-corrected chi connectivity index (χ0v) is 16.9. The second kappa shape index (κ2) is 9.47. The van der Waals surface area contributed by atoms with Crippen LogP contribution in [0.5, 0.6) is 0 Å². The van der Waals surface area contributed by atoms with Gasteiger partial charge in [0, 0.05) is 25.8 Å². The summed E-state index contributed by atoms with van der Waals surface area (Å²) in [5, 5.41) is 2.65. The molecule has 0 spiro atoms. The van der Waals surface area contributed by atoms with Crippen LogP contribution in [0.4, 0.5) is 13.2 Å². The average molecular weight is 421 g/mol. The number of likely N-dealkylation sites (tertiary alicyclic amines) is 1. The lowest BCUT2D eigenvalue weighted by Crippen LogP contribution is -2.34. The Hall–Kier alpha value is -2.61. The highest BCUT2D eigenvalue weighted by molar-refractivity contribution is 5.75. The molecule has 0 radical (unpaired) electrons. The Balaban J connectivity index is 1.52. The van der Waals surface area contributed by atoms with Crippen molar-refractivity contribution in [2.75, 3.05) is 13.1 Å². The molecule has 1 aliphatic rings. The molecule has 0 bridgehead atoms. The van der Waals surface area contributed by atoms with Crippen LogP contribution in [0.2, 0.25) is 0 Å². The van der Waals surface area contributed by atoms with E-state index in [-0.39, 0.29) is 6.54 Å². The van der Waals surface area contributed by atoms with E-state index in [2.05, 4.69) is 17.1 Å². The lowest BCUT2D eigenvalue weighted by atomic mass is 9.99.